The second-order valence-corrected chi connectivity index (χ2v) is 5.81. The van der Waals surface area contributed by atoms with Crippen LogP contribution in [0.4, 0.5) is 5.69 Å². The number of ether oxygens (including phenoxy) is 1. The maximum Gasteiger partial charge on any atom is 0.230 e. The number of rotatable bonds is 4. The van der Waals surface area contributed by atoms with Gasteiger partial charge in [0.1, 0.15) is 0 Å². The molecule has 1 heterocycles. The average molecular weight is 312 g/mol. The Balaban J connectivity index is 1.58. The summed E-state index contributed by atoms with van der Waals surface area (Å²) in [5, 5.41) is 3.31. The van der Waals surface area contributed by atoms with Crippen molar-refractivity contribution in [1.82, 2.24) is 4.90 Å². The molecule has 1 amide bonds. The summed E-state index contributed by atoms with van der Waals surface area (Å²) in [5.41, 5.74) is 0.132. The summed E-state index contributed by atoms with van der Waals surface area (Å²) < 4.78 is 5.90. The molecule has 1 fully saturated rings. The first-order valence-electron chi connectivity index (χ1n) is 7.74. The van der Waals surface area contributed by atoms with Crippen molar-refractivity contribution in [2.45, 2.75) is 12.1 Å². The molecule has 3 rings (SSSR count). The largest absolute Gasteiger partial charge is 0.385 e. The summed E-state index contributed by atoms with van der Waals surface area (Å²) in [5.74, 6) is -0.231. The van der Waals surface area contributed by atoms with E-state index >= 15 is 0 Å². The first-order chi connectivity index (χ1) is 11.1. The summed E-state index contributed by atoms with van der Waals surface area (Å²) >= 11 is 0. The number of ketones is 1. The van der Waals surface area contributed by atoms with Crippen LogP contribution in [0.2, 0.25) is 0 Å². The van der Waals surface area contributed by atoms with Crippen molar-refractivity contribution in [1.29, 1.82) is 0 Å². The zero-order valence-electron chi connectivity index (χ0n) is 13.1. The molecule has 0 aromatic heterocycles. The summed E-state index contributed by atoms with van der Waals surface area (Å²) in [7, 11) is 1.71. The van der Waals surface area contributed by atoms with Gasteiger partial charge in [-0.15, -0.1) is 0 Å². The third-order valence-corrected chi connectivity index (χ3v) is 4.29. The van der Waals surface area contributed by atoms with Crippen LogP contribution in [0.3, 0.4) is 0 Å². The Bertz CT molecular complexity index is 635. The van der Waals surface area contributed by atoms with Gasteiger partial charge < -0.3 is 15.0 Å². The van der Waals surface area contributed by atoms with Crippen LogP contribution in [0.25, 0.3) is 0 Å². The second-order valence-electron chi connectivity index (χ2n) is 5.81. The summed E-state index contributed by atoms with van der Waals surface area (Å²) in [4.78, 5) is 25.4. The molecule has 1 aliphatic carbocycles. The Kier molecular flexibility index (Phi) is 4.30. The van der Waals surface area contributed by atoms with E-state index in [1.54, 1.807) is 24.1 Å². The molecule has 1 unspecified atom stereocenters. The number of benzene rings is 1. The van der Waals surface area contributed by atoms with Crippen molar-refractivity contribution in [3.8, 4) is 0 Å². The molecular weight excluding hydrogens is 292 g/mol. The Labute approximate surface area is 135 Å². The highest BCUT2D eigenvalue weighted by molar-refractivity contribution is 6.00. The highest BCUT2D eigenvalue weighted by atomic mass is 16.5. The number of nitrogens with one attached hydrogen (secondary N) is 1. The van der Waals surface area contributed by atoms with Crippen LogP contribution >= 0.6 is 0 Å². The van der Waals surface area contributed by atoms with Gasteiger partial charge in [0.15, 0.2) is 11.5 Å². The zero-order valence-corrected chi connectivity index (χ0v) is 13.1. The molecular formula is C18H20N2O3. The Morgan fingerprint density at radius 1 is 1.22 bits per heavy atom. The fraction of sp³-hybridized carbons (Fsp3) is 0.333. The molecule has 5 heteroatoms. The second kappa shape index (κ2) is 6.38. The van der Waals surface area contributed by atoms with Crippen LogP contribution in [0, 0.1) is 5.92 Å². The minimum atomic E-state index is -0.908. The van der Waals surface area contributed by atoms with Gasteiger partial charge >= 0.3 is 0 Å². The molecule has 1 saturated heterocycles. The maximum atomic E-state index is 12.6. The molecule has 1 atom stereocenters. The number of anilines is 1. The van der Waals surface area contributed by atoms with Gasteiger partial charge in [0.05, 0.1) is 12.5 Å². The molecule has 1 N–H and O–H groups in total. The highest BCUT2D eigenvalue weighted by Crippen LogP contribution is 2.30. The number of carbonyl (C=O) groups is 2. The predicted octanol–water partition coefficient (Wildman–Crippen LogP) is 1.98. The van der Waals surface area contributed by atoms with E-state index in [-0.39, 0.29) is 17.6 Å². The smallest absolute Gasteiger partial charge is 0.230 e. The van der Waals surface area contributed by atoms with Crippen molar-refractivity contribution in [3.63, 3.8) is 0 Å². The standard InChI is InChI=1S/C18H20N2O3/c1-20-17(22)14(9-12-19-15-5-3-2-4-6-15)13-23-18(20)10-7-16(21)8-11-18/h2-8,10-11,14,19H,9,12-13H2,1H3. The Morgan fingerprint density at radius 2 is 1.91 bits per heavy atom. The van der Waals surface area contributed by atoms with E-state index < -0.39 is 5.72 Å². The molecule has 120 valence electrons. The minimum Gasteiger partial charge on any atom is -0.385 e. The number of nitrogens with zero attached hydrogens (tertiary/aromatic N) is 1. The quantitative estimate of drug-likeness (QED) is 0.923. The van der Waals surface area contributed by atoms with Gasteiger partial charge in [-0.3, -0.25) is 9.59 Å². The van der Waals surface area contributed by atoms with Crippen molar-refractivity contribution < 1.29 is 14.3 Å². The summed E-state index contributed by atoms with van der Waals surface area (Å²) in [6.07, 6.45) is 6.87. The van der Waals surface area contributed by atoms with Crippen LogP contribution in [0.5, 0.6) is 0 Å². The SMILES string of the molecule is CN1C(=O)C(CCNc2ccccc2)COC12C=CC(=O)C=C2. The third kappa shape index (κ3) is 3.19. The molecule has 2 aliphatic rings. The molecule has 23 heavy (non-hydrogen) atoms. The number of para-hydroxylation sites is 1. The normalized spacial score (nSPS) is 22.7. The van der Waals surface area contributed by atoms with Crippen molar-refractivity contribution >= 4 is 17.4 Å². The van der Waals surface area contributed by atoms with Crippen LogP contribution < -0.4 is 5.32 Å². The lowest BCUT2D eigenvalue weighted by molar-refractivity contribution is -0.175. The minimum absolute atomic E-state index is 0.0368. The summed E-state index contributed by atoms with van der Waals surface area (Å²) in [6.45, 7) is 1.05. The highest BCUT2D eigenvalue weighted by Gasteiger charge is 2.43. The predicted molar refractivity (Wildman–Crippen MR) is 87.8 cm³/mol. The van der Waals surface area contributed by atoms with E-state index in [0.717, 1.165) is 5.69 Å². The van der Waals surface area contributed by atoms with Gasteiger partial charge in [-0.1, -0.05) is 18.2 Å². The maximum absolute atomic E-state index is 12.6. The van der Waals surface area contributed by atoms with E-state index in [9.17, 15) is 9.59 Å². The number of allylic oxidation sites excluding steroid dienone is 2. The van der Waals surface area contributed by atoms with Gasteiger partial charge in [-0.05, 0) is 42.9 Å². The van der Waals surface area contributed by atoms with Crippen molar-refractivity contribution in [2.24, 2.45) is 5.92 Å². The number of hydrogen-bond donors (Lipinski definition) is 1. The van der Waals surface area contributed by atoms with Gasteiger partial charge in [0, 0.05) is 19.3 Å². The van der Waals surface area contributed by atoms with Crippen LogP contribution in [-0.2, 0) is 14.3 Å². The number of carbonyl (C=O) groups excluding carboxylic acids is 2. The Hall–Kier alpha value is -2.40. The molecule has 1 aromatic rings. The molecule has 5 nitrogen and oxygen atoms in total. The Morgan fingerprint density at radius 3 is 2.61 bits per heavy atom. The first-order valence-corrected chi connectivity index (χ1v) is 7.74. The van der Waals surface area contributed by atoms with E-state index in [1.165, 1.54) is 12.2 Å². The van der Waals surface area contributed by atoms with E-state index in [4.69, 9.17) is 4.74 Å². The lowest BCUT2D eigenvalue weighted by atomic mass is 9.96. The molecule has 1 aromatic carbocycles. The number of hydrogen-bond acceptors (Lipinski definition) is 4. The average Bonchev–Trinajstić information content (AvgIpc) is 2.58. The van der Waals surface area contributed by atoms with E-state index in [1.807, 2.05) is 30.3 Å². The van der Waals surface area contributed by atoms with Crippen molar-refractivity contribution in [2.75, 3.05) is 25.5 Å². The van der Waals surface area contributed by atoms with Gasteiger partial charge in [0.25, 0.3) is 0 Å². The fourth-order valence-electron chi connectivity index (χ4n) is 2.84. The van der Waals surface area contributed by atoms with Gasteiger partial charge in [0.2, 0.25) is 5.91 Å². The number of likely N-dealkylation sites (N-methyl/N-ethyl adjacent to an activating group) is 1. The monoisotopic (exact) mass is 312 g/mol. The molecule has 0 saturated carbocycles. The van der Waals surface area contributed by atoms with Gasteiger partial charge in [-0.25, -0.2) is 0 Å². The molecule has 0 bridgehead atoms. The topological polar surface area (TPSA) is 58.6 Å². The van der Waals surface area contributed by atoms with Crippen LogP contribution in [0.1, 0.15) is 6.42 Å². The zero-order chi connectivity index (χ0) is 16.3. The van der Waals surface area contributed by atoms with Crippen molar-refractivity contribution in [3.05, 3.63) is 54.6 Å². The summed E-state index contributed by atoms with van der Waals surface area (Å²) in [6, 6.07) is 9.90. The van der Waals surface area contributed by atoms with Crippen LogP contribution in [0.15, 0.2) is 54.6 Å². The van der Waals surface area contributed by atoms with E-state index in [2.05, 4.69) is 5.32 Å². The molecule has 0 radical (unpaired) electrons. The van der Waals surface area contributed by atoms with E-state index in [0.29, 0.717) is 19.6 Å². The lowest BCUT2D eigenvalue weighted by Crippen LogP contribution is -2.57. The number of amides is 1. The van der Waals surface area contributed by atoms with Crippen LogP contribution in [-0.4, -0.2) is 42.5 Å². The first kappa shape index (κ1) is 15.5. The van der Waals surface area contributed by atoms with Gasteiger partial charge in [-0.2, -0.15) is 0 Å². The molecule has 1 spiro atoms. The molecule has 1 aliphatic heterocycles. The third-order valence-electron chi connectivity index (χ3n) is 4.29. The fourth-order valence-corrected chi connectivity index (χ4v) is 2.84. The lowest BCUT2D eigenvalue weighted by Gasteiger charge is -2.44.